The van der Waals surface area contributed by atoms with Gasteiger partial charge in [0.25, 0.3) is 11.5 Å². The van der Waals surface area contributed by atoms with Crippen LogP contribution >= 0.6 is 23.2 Å². The Morgan fingerprint density at radius 3 is 2.18 bits per heavy atom. The van der Waals surface area contributed by atoms with Gasteiger partial charge in [0.1, 0.15) is 11.4 Å². The Balaban J connectivity index is 1.34. The van der Waals surface area contributed by atoms with Crippen LogP contribution in [0.3, 0.4) is 0 Å². The number of aromatic amines is 1. The highest BCUT2D eigenvalue weighted by molar-refractivity contribution is 6.18. The molecule has 45 heavy (non-hydrogen) atoms. The Hall–Kier alpha value is -3.79. The molecule has 11 heteroatoms. The van der Waals surface area contributed by atoms with Crippen LogP contribution in [0, 0.1) is 5.82 Å². The molecular weight excluding hydrogens is 616 g/mol. The van der Waals surface area contributed by atoms with Crippen LogP contribution in [-0.2, 0) is 16.8 Å². The average molecular weight is 653 g/mol. The number of amides is 2. The van der Waals surface area contributed by atoms with Crippen LogP contribution < -0.4 is 5.56 Å². The summed E-state index contributed by atoms with van der Waals surface area (Å²) in [5, 5.41) is 7.95. The van der Waals surface area contributed by atoms with E-state index in [1.807, 2.05) is 49.4 Å². The molecule has 0 radical (unpaired) electrons. The Labute approximate surface area is 271 Å². The average Bonchev–Trinajstić information content (AvgIpc) is 3.08. The molecule has 1 atom stereocenters. The first-order valence-electron chi connectivity index (χ1n) is 15.1. The third kappa shape index (κ3) is 6.61. The molecule has 3 aromatic carbocycles. The quantitative estimate of drug-likeness (QED) is 0.230. The van der Waals surface area contributed by atoms with Crippen molar-refractivity contribution in [2.75, 3.05) is 51.0 Å². The molecule has 1 aliphatic rings. The first-order chi connectivity index (χ1) is 21.8. The summed E-state index contributed by atoms with van der Waals surface area (Å²) in [5.74, 6) is -0.419. The van der Waals surface area contributed by atoms with Crippen LogP contribution in [0.2, 0.25) is 0 Å². The van der Waals surface area contributed by atoms with Crippen molar-refractivity contribution >= 4 is 45.8 Å². The molecule has 236 valence electrons. The van der Waals surface area contributed by atoms with Gasteiger partial charge in [-0.2, -0.15) is 5.10 Å². The molecule has 2 amide bonds. The van der Waals surface area contributed by atoms with E-state index < -0.39 is 17.3 Å². The van der Waals surface area contributed by atoms with Gasteiger partial charge in [-0.3, -0.25) is 19.3 Å². The molecule has 8 nitrogen and oxygen atoms in total. The summed E-state index contributed by atoms with van der Waals surface area (Å²) in [5.41, 5.74) is 0.897. The number of carbonyl (C=O) groups excluding carboxylic acids is 2. The van der Waals surface area contributed by atoms with Crippen molar-refractivity contribution in [1.82, 2.24) is 24.9 Å². The smallest absolute Gasteiger partial charge is 0.272 e. The molecule has 1 saturated heterocycles. The monoisotopic (exact) mass is 651 g/mol. The molecular formula is C34H36Cl2FN5O3. The van der Waals surface area contributed by atoms with Crippen molar-refractivity contribution in [3.05, 3.63) is 111 Å². The van der Waals surface area contributed by atoms with Crippen molar-refractivity contribution in [3.8, 4) is 0 Å². The second-order valence-corrected chi connectivity index (χ2v) is 11.8. The number of hydrogen-bond acceptors (Lipinski definition) is 5. The second kappa shape index (κ2) is 14.5. The molecule has 1 unspecified atom stereocenters. The molecule has 1 N–H and O–H groups in total. The van der Waals surface area contributed by atoms with Crippen molar-refractivity contribution in [2.45, 2.75) is 25.3 Å². The van der Waals surface area contributed by atoms with Crippen LogP contribution in [0.25, 0.3) is 10.8 Å². The largest absolute Gasteiger partial charge is 0.337 e. The Kier molecular flexibility index (Phi) is 10.5. The summed E-state index contributed by atoms with van der Waals surface area (Å²) in [6.45, 7) is 4.11. The van der Waals surface area contributed by atoms with E-state index in [1.165, 1.54) is 6.07 Å². The number of nitrogens with zero attached hydrogens (tertiary/aromatic N) is 4. The zero-order chi connectivity index (χ0) is 32.0. The van der Waals surface area contributed by atoms with Gasteiger partial charge in [-0.05, 0) is 35.7 Å². The summed E-state index contributed by atoms with van der Waals surface area (Å²) >= 11 is 12.4. The lowest BCUT2D eigenvalue weighted by Crippen LogP contribution is -2.61. The minimum absolute atomic E-state index is 0.0383. The van der Waals surface area contributed by atoms with Gasteiger partial charge >= 0.3 is 0 Å². The van der Waals surface area contributed by atoms with Crippen molar-refractivity contribution < 1.29 is 14.0 Å². The minimum Gasteiger partial charge on any atom is -0.337 e. The minimum atomic E-state index is -0.961. The number of fused-ring (bicyclic) bond motifs is 1. The van der Waals surface area contributed by atoms with Gasteiger partial charge in [-0.1, -0.05) is 61.5 Å². The summed E-state index contributed by atoms with van der Waals surface area (Å²) in [4.78, 5) is 45.6. The molecule has 5 rings (SSSR count). The summed E-state index contributed by atoms with van der Waals surface area (Å²) in [6.07, 6.45) is 0.819. The van der Waals surface area contributed by atoms with E-state index in [0.717, 1.165) is 5.56 Å². The number of benzene rings is 3. The maximum Gasteiger partial charge on any atom is 0.272 e. The number of piperazine rings is 1. The van der Waals surface area contributed by atoms with Crippen LogP contribution in [0.4, 0.5) is 4.39 Å². The molecule has 0 aliphatic carbocycles. The molecule has 2 heterocycles. The summed E-state index contributed by atoms with van der Waals surface area (Å²) in [6, 6.07) is 21.3. The van der Waals surface area contributed by atoms with Crippen molar-refractivity contribution in [2.24, 2.45) is 0 Å². The fourth-order valence-corrected chi connectivity index (χ4v) is 6.73. The number of hydrogen-bond donors (Lipinski definition) is 1. The third-order valence-corrected chi connectivity index (χ3v) is 8.97. The topological polar surface area (TPSA) is 89.6 Å². The number of rotatable bonds is 11. The third-order valence-electron chi connectivity index (χ3n) is 8.63. The van der Waals surface area contributed by atoms with E-state index in [-0.39, 0.29) is 30.1 Å². The molecule has 0 saturated carbocycles. The Morgan fingerprint density at radius 2 is 1.53 bits per heavy atom. The molecule has 0 bridgehead atoms. The number of aromatic nitrogens is 2. The van der Waals surface area contributed by atoms with Crippen LogP contribution in [0.15, 0.2) is 77.6 Å². The van der Waals surface area contributed by atoms with Gasteiger partial charge in [0, 0.05) is 62.8 Å². The fourth-order valence-electron chi connectivity index (χ4n) is 6.32. The number of alkyl halides is 2. The van der Waals surface area contributed by atoms with E-state index in [2.05, 4.69) is 15.1 Å². The van der Waals surface area contributed by atoms with Gasteiger partial charge < -0.3 is 9.80 Å². The van der Waals surface area contributed by atoms with Gasteiger partial charge in [0.2, 0.25) is 5.91 Å². The van der Waals surface area contributed by atoms with E-state index in [0.29, 0.717) is 72.8 Å². The zero-order valence-corrected chi connectivity index (χ0v) is 26.7. The first-order valence-corrected chi connectivity index (χ1v) is 16.2. The lowest BCUT2D eigenvalue weighted by Gasteiger charge is -2.46. The molecule has 1 aromatic heterocycles. The predicted octanol–water partition coefficient (Wildman–Crippen LogP) is 5.02. The second-order valence-electron chi connectivity index (χ2n) is 11.1. The van der Waals surface area contributed by atoms with E-state index in [9.17, 15) is 14.4 Å². The van der Waals surface area contributed by atoms with E-state index in [4.69, 9.17) is 23.2 Å². The SMILES string of the molecule is CCC(C(=O)N1CCN(C(=O)c2cc(Cc3n[nH]c(=O)c4ccccc34)ccc2F)CC1)(c1ccccc1)N(CCCl)CCCl. The van der Waals surface area contributed by atoms with E-state index >= 15 is 4.39 Å². The highest BCUT2D eigenvalue weighted by Crippen LogP contribution is 2.35. The highest BCUT2D eigenvalue weighted by atomic mass is 35.5. The van der Waals surface area contributed by atoms with Crippen molar-refractivity contribution in [3.63, 3.8) is 0 Å². The number of halogens is 3. The molecule has 1 fully saturated rings. The standard InChI is InChI=1S/C34H36Cl2FN5O3/c1-2-34(25-8-4-3-5-9-25,42(16-14-35)17-15-36)33(45)41-20-18-40(19-21-41)32(44)28-22-24(12-13-29(28)37)23-30-26-10-6-7-11-27(26)31(43)39-38-30/h3-13,22H,2,14-21,23H2,1H3,(H,39,43). The summed E-state index contributed by atoms with van der Waals surface area (Å²) in [7, 11) is 0. The van der Waals surface area contributed by atoms with Crippen molar-refractivity contribution in [1.29, 1.82) is 0 Å². The normalized spacial score (nSPS) is 15.0. The zero-order valence-electron chi connectivity index (χ0n) is 25.1. The van der Waals surface area contributed by atoms with Crippen LogP contribution in [0.1, 0.15) is 40.5 Å². The van der Waals surface area contributed by atoms with Gasteiger partial charge in [-0.25, -0.2) is 9.49 Å². The highest BCUT2D eigenvalue weighted by Gasteiger charge is 2.46. The van der Waals surface area contributed by atoms with Crippen LogP contribution in [0.5, 0.6) is 0 Å². The molecule has 4 aromatic rings. The maximum atomic E-state index is 15.0. The van der Waals surface area contributed by atoms with Crippen LogP contribution in [-0.4, -0.2) is 87.7 Å². The Bertz CT molecular complexity index is 1710. The van der Waals surface area contributed by atoms with E-state index in [1.54, 1.807) is 34.1 Å². The van der Waals surface area contributed by atoms with Gasteiger partial charge in [-0.15, -0.1) is 23.2 Å². The fraction of sp³-hybridized carbons (Fsp3) is 0.353. The molecule has 1 aliphatic heterocycles. The Morgan fingerprint density at radius 1 is 0.911 bits per heavy atom. The lowest BCUT2D eigenvalue weighted by molar-refractivity contribution is -0.147. The predicted molar refractivity (Wildman–Crippen MR) is 175 cm³/mol. The van der Waals surface area contributed by atoms with Gasteiger partial charge in [0.05, 0.1) is 16.6 Å². The first kappa shape index (κ1) is 32.6. The maximum absolute atomic E-state index is 15.0. The lowest BCUT2D eigenvalue weighted by atomic mass is 9.83. The molecule has 0 spiro atoms. The number of nitrogens with one attached hydrogen (secondary N) is 1. The summed E-state index contributed by atoms with van der Waals surface area (Å²) < 4.78 is 15.0. The number of carbonyl (C=O) groups is 2. The van der Waals surface area contributed by atoms with Gasteiger partial charge in [0.15, 0.2) is 0 Å². The number of H-pyrrole nitrogens is 1.